The third kappa shape index (κ3) is 57.5. The summed E-state index contributed by atoms with van der Waals surface area (Å²) in [7, 11) is 0. The molecule has 6 nitrogen and oxygen atoms in total. The summed E-state index contributed by atoms with van der Waals surface area (Å²) in [6.07, 6.45) is 61.0. The topological polar surface area (TPSA) is 78.9 Å². The van der Waals surface area contributed by atoms with Crippen molar-refractivity contribution in [3.8, 4) is 0 Å². The molecule has 0 amide bonds. The van der Waals surface area contributed by atoms with E-state index in [1.54, 1.807) is 0 Å². The number of unbranched alkanes of at least 4 members (excludes halogenated alkanes) is 40. The summed E-state index contributed by atoms with van der Waals surface area (Å²) < 4.78 is 17.0. The first-order chi connectivity index (χ1) is 34.6. The highest BCUT2D eigenvalue weighted by Crippen LogP contribution is 2.19. The fraction of sp³-hybridized carbons (Fsp3) is 0.954. The van der Waals surface area contributed by atoms with E-state index in [4.69, 9.17) is 14.2 Å². The number of ether oxygens (including phenoxy) is 3. The lowest BCUT2D eigenvalue weighted by Crippen LogP contribution is -2.30. The van der Waals surface area contributed by atoms with Gasteiger partial charge in [0.2, 0.25) is 0 Å². The van der Waals surface area contributed by atoms with Crippen LogP contribution in [0.4, 0.5) is 0 Å². The van der Waals surface area contributed by atoms with Gasteiger partial charge < -0.3 is 14.2 Å². The predicted molar refractivity (Wildman–Crippen MR) is 307 cm³/mol. The average Bonchev–Trinajstić information content (AvgIpc) is 3.35. The zero-order valence-corrected chi connectivity index (χ0v) is 49.0. The van der Waals surface area contributed by atoms with Crippen molar-refractivity contribution in [3.63, 3.8) is 0 Å². The fourth-order valence-electron chi connectivity index (χ4n) is 10.0. The van der Waals surface area contributed by atoms with Crippen LogP contribution in [0.1, 0.15) is 363 Å². The molecule has 0 bridgehead atoms. The van der Waals surface area contributed by atoms with Gasteiger partial charge in [0, 0.05) is 19.3 Å². The summed E-state index contributed by atoms with van der Waals surface area (Å²) in [5.74, 6) is 1.74. The molecule has 0 radical (unpaired) electrons. The second kappa shape index (κ2) is 56.1. The van der Waals surface area contributed by atoms with Crippen LogP contribution in [0, 0.1) is 17.8 Å². The van der Waals surface area contributed by atoms with Gasteiger partial charge in [0.1, 0.15) is 13.2 Å². The first kappa shape index (κ1) is 69.4. The summed E-state index contributed by atoms with van der Waals surface area (Å²) in [6, 6.07) is 0. The van der Waals surface area contributed by atoms with Crippen molar-refractivity contribution in [2.75, 3.05) is 13.2 Å². The average molecular weight is 1000 g/mol. The molecular weight excluding hydrogens is 877 g/mol. The fourth-order valence-corrected chi connectivity index (χ4v) is 10.0. The molecule has 0 aromatic carbocycles. The highest BCUT2D eigenvalue weighted by Gasteiger charge is 2.19. The molecule has 0 aliphatic heterocycles. The van der Waals surface area contributed by atoms with Gasteiger partial charge in [-0.25, -0.2) is 0 Å². The van der Waals surface area contributed by atoms with Crippen LogP contribution in [0.3, 0.4) is 0 Å². The zero-order chi connectivity index (χ0) is 51.9. The summed E-state index contributed by atoms with van der Waals surface area (Å²) in [5, 5.41) is 0. The molecule has 0 aliphatic rings. The van der Waals surface area contributed by atoms with Crippen molar-refractivity contribution >= 4 is 17.9 Å². The maximum Gasteiger partial charge on any atom is 0.306 e. The molecule has 1 unspecified atom stereocenters. The van der Waals surface area contributed by atoms with Gasteiger partial charge in [0.05, 0.1) is 0 Å². The van der Waals surface area contributed by atoms with Crippen LogP contribution in [0.25, 0.3) is 0 Å². The van der Waals surface area contributed by atoms with Gasteiger partial charge in [-0.05, 0) is 37.0 Å². The van der Waals surface area contributed by atoms with E-state index < -0.39 is 6.10 Å². The van der Waals surface area contributed by atoms with Crippen LogP contribution in [0.5, 0.6) is 0 Å². The standard InChI is InChI=1S/C65H126O6/c1-7-61(6)53-47-41-35-29-22-18-14-10-8-9-11-15-19-23-30-36-42-48-54-63(66)69-57-62(71-65(68)56-50-44-38-32-26-25-28-34-40-46-52-60(4)5)58-70-64(67)55-49-43-37-31-24-20-16-12-13-17-21-27-33-39-45-51-59(2)3/h59-62H,7-58H2,1-6H3/t61?,62-/m1/s1. The van der Waals surface area contributed by atoms with Crippen LogP contribution < -0.4 is 0 Å². The molecule has 0 saturated carbocycles. The van der Waals surface area contributed by atoms with Crippen molar-refractivity contribution in [1.29, 1.82) is 0 Å². The molecule has 2 atom stereocenters. The van der Waals surface area contributed by atoms with Crippen molar-refractivity contribution in [1.82, 2.24) is 0 Å². The van der Waals surface area contributed by atoms with E-state index in [1.165, 1.54) is 244 Å². The van der Waals surface area contributed by atoms with Crippen LogP contribution >= 0.6 is 0 Å². The second-order valence-corrected chi connectivity index (χ2v) is 23.6. The Balaban J connectivity index is 4.23. The normalized spacial score (nSPS) is 12.5. The lowest BCUT2D eigenvalue weighted by Gasteiger charge is -2.18. The van der Waals surface area contributed by atoms with Gasteiger partial charge in [-0.3, -0.25) is 14.4 Å². The number of carbonyl (C=O) groups excluding carboxylic acids is 3. The lowest BCUT2D eigenvalue weighted by atomic mass is 9.99. The molecular formula is C65H126O6. The molecule has 0 spiro atoms. The Morgan fingerprint density at radius 3 is 0.732 bits per heavy atom. The molecule has 0 rings (SSSR count). The first-order valence-electron chi connectivity index (χ1n) is 32.1. The first-order valence-corrected chi connectivity index (χ1v) is 32.1. The number of rotatable bonds is 58. The van der Waals surface area contributed by atoms with E-state index in [9.17, 15) is 14.4 Å². The third-order valence-corrected chi connectivity index (χ3v) is 15.3. The summed E-state index contributed by atoms with van der Waals surface area (Å²) >= 11 is 0. The Kier molecular flexibility index (Phi) is 54.9. The molecule has 0 fully saturated rings. The van der Waals surface area contributed by atoms with Crippen molar-refractivity contribution in [2.45, 2.75) is 369 Å². The second-order valence-electron chi connectivity index (χ2n) is 23.6. The maximum atomic E-state index is 12.9. The number of carbonyl (C=O) groups is 3. The van der Waals surface area contributed by atoms with Gasteiger partial charge >= 0.3 is 17.9 Å². The van der Waals surface area contributed by atoms with Crippen LogP contribution in [-0.4, -0.2) is 37.2 Å². The molecule has 0 aromatic heterocycles. The number of hydrogen-bond acceptors (Lipinski definition) is 6. The molecule has 0 aliphatic carbocycles. The van der Waals surface area contributed by atoms with Gasteiger partial charge in [-0.15, -0.1) is 0 Å². The molecule has 71 heavy (non-hydrogen) atoms. The molecule has 422 valence electrons. The Morgan fingerprint density at radius 2 is 0.493 bits per heavy atom. The predicted octanol–water partition coefficient (Wildman–Crippen LogP) is 21.5. The SMILES string of the molecule is CCC(C)CCCCCCCCCCCCCCCCCCCCC(=O)OC[C@H](COC(=O)CCCCCCCCCCCCCCCCCC(C)C)OC(=O)CCCCCCCCCCCCC(C)C. The summed E-state index contributed by atoms with van der Waals surface area (Å²) in [4.78, 5) is 38.3. The number of hydrogen-bond donors (Lipinski definition) is 0. The van der Waals surface area contributed by atoms with E-state index in [0.717, 1.165) is 75.5 Å². The Bertz CT molecular complexity index is 1100. The van der Waals surface area contributed by atoms with E-state index in [0.29, 0.717) is 19.3 Å². The smallest absolute Gasteiger partial charge is 0.306 e. The van der Waals surface area contributed by atoms with Crippen LogP contribution in [0.15, 0.2) is 0 Å². The van der Waals surface area contributed by atoms with E-state index in [1.807, 2.05) is 0 Å². The maximum absolute atomic E-state index is 12.9. The van der Waals surface area contributed by atoms with Gasteiger partial charge in [-0.2, -0.15) is 0 Å². The molecule has 6 heteroatoms. The van der Waals surface area contributed by atoms with Crippen LogP contribution in [-0.2, 0) is 28.6 Å². The zero-order valence-electron chi connectivity index (χ0n) is 49.0. The van der Waals surface area contributed by atoms with Gasteiger partial charge in [0.15, 0.2) is 6.10 Å². The highest BCUT2D eigenvalue weighted by atomic mass is 16.6. The van der Waals surface area contributed by atoms with Crippen LogP contribution in [0.2, 0.25) is 0 Å². The van der Waals surface area contributed by atoms with E-state index in [2.05, 4.69) is 41.5 Å². The molecule has 0 N–H and O–H groups in total. The van der Waals surface area contributed by atoms with Crippen molar-refractivity contribution in [2.24, 2.45) is 17.8 Å². The van der Waals surface area contributed by atoms with E-state index in [-0.39, 0.29) is 31.1 Å². The minimum Gasteiger partial charge on any atom is -0.462 e. The lowest BCUT2D eigenvalue weighted by molar-refractivity contribution is -0.167. The summed E-state index contributed by atoms with van der Waals surface area (Å²) in [5.41, 5.74) is 0. The van der Waals surface area contributed by atoms with Crippen molar-refractivity contribution < 1.29 is 28.6 Å². The molecule has 0 saturated heterocycles. The van der Waals surface area contributed by atoms with Gasteiger partial charge in [-0.1, -0.05) is 324 Å². The largest absolute Gasteiger partial charge is 0.462 e. The quantitative estimate of drug-likeness (QED) is 0.0343. The Morgan fingerprint density at radius 1 is 0.282 bits per heavy atom. The van der Waals surface area contributed by atoms with Gasteiger partial charge in [0.25, 0.3) is 0 Å². The van der Waals surface area contributed by atoms with E-state index >= 15 is 0 Å². The minimum absolute atomic E-state index is 0.0629. The summed E-state index contributed by atoms with van der Waals surface area (Å²) in [6.45, 7) is 13.8. The molecule has 0 aromatic rings. The third-order valence-electron chi connectivity index (χ3n) is 15.3. The highest BCUT2D eigenvalue weighted by molar-refractivity contribution is 5.71. The minimum atomic E-state index is -0.764. The Hall–Kier alpha value is -1.59. The Labute approximate surface area is 444 Å². The molecule has 0 heterocycles. The monoisotopic (exact) mass is 1000 g/mol. The number of esters is 3. The van der Waals surface area contributed by atoms with Crippen molar-refractivity contribution in [3.05, 3.63) is 0 Å².